The monoisotopic (exact) mass is 220 g/mol. The number of rotatable bonds is 2. The zero-order valence-electron chi connectivity index (χ0n) is 7.63. The number of ether oxygens (including phenoxy) is 1. The summed E-state index contributed by atoms with van der Waals surface area (Å²) in [5, 5.41) is 9.18. The number of carbonyl (C=O) groups is 1. The predicted octanol–water partition coefficient (Wildman–Crippen LogP) is 1.31. The second kappa shape index (κ2) is 4.31. The van der Waals surface area contributed by atoms with Crippen molar-refractivity contribution in [1.29, 1.82) is 0 Å². The van der Waals surface area contributed by atoms with E-state index in [1.165, 1.54) is 0 Å². The van der Waals surface area contributed by atoms with Gasteiger partial charge in [-0.15, -0.1) is 0 Å². The number of hydrogen-bond acceptors (Lipinski definition) is 3. The van der Waals surface area contributed by atoms with Crippen molar-refractivity contribution in [3.8, 4) is 0 Å². The van der Waals surface area contributed by atoms with Gasteiger partial charge in [0.1, 0.15) is 0 Å². The lowest BCUT2D eigenvalue weighted by molar-refractivity contribution is -0.150. The van der Waals surface area contributed by atoms with Crippen LogP contribution in [0.3, 0.4) is 0 Å². The predicted molar refractivity (Wildman–Crippen MR) is 43.3 cm³/mol. The molecule has 15 heavy (non-hydrogen) atoms. The number of hydrogen-bond donors (Lipinski definition) is 1. The topological polar surface area (TPSA) is 46.5 Å². The lowest BCUT2D eigenvalue weighted by Crippen LogP contribution is -2.15. The molecular formula is C9H7F3O3. The summed E-state index contributed by atoms with van der Waals surface area (Å²) in [7, 11) is 0.976. The summed E-state index contributed by atoms with van der Waals surface area (Å²) >= 11 is 0. The van der Waals surface area contributed by atoms with E-state index in [2.05, 4.69) is 4.74 Å². The lowest BCUT2D eigenvalue weighted by Gasteiger charge is -2.09. The van der Waals surface area contributed by atoms with Crippen LogP contribution in [0.5, 0.6) is 0 Å². The van der Waals surface area contributed by atoms with Crippen molar-refractivity contribution in [2.24, 2.45) is 0 Å². The Morgan fingerprint density at radius 1 is 1.33 bits per heavy atom. The van der Waals surface area contributed by atoms with Gasteiger partial charge in [0.25, 0.3) is 0 Å². The number of methoxy groups -OCH3 is 1. The zero-order valence-corrected chi connectivity index (χ0v) is 7.63. The smallest absolute Gasteiger partial charge is 0.339 e. The fraction of sp³-hybridized carbons (Fsp3) is 0.222. The van der Waals surface area contributed by atoms with Crippen LogP contribution in [0.15, 0.2) is 12.1 Å². The van der Waals surface area contributed by atoms with Crippen LogP contribution < -0.4 is 0 Å². The molecule has 6 heteroatoms. The molecule has 1 N–H and O–H groups in total. The third-order valence-electron chi connectivity index (χ3n) is 1.78. The highest BCUT2D eigenvalue weighted by Crippen LogP contribution is 2.21. The van der Waals surface area contributed by atoms with Crippen LogP contribution >= 0.6 is 0 Å². The summed E-state index contributed by atoms with van der Waals surface area (Å²) in [4.78, 5) is 10.8. The van der Waals surface area contributed by atoms with Gasteiger partial charge in [-0.05, 0) is 12.1 Å². The molecule has 0 aliphatic carbocycles. The van der Waals surface area contributed by atoms with E-state index < -0.39 is 35.1 Å². The van der Waals surface area contributed by atoms with Crippen molar-refractivity contribution in [1.82, 2.24) is 0 Å². The van der Waals surface area contributed by atoms with E-state index in [-0.39, 0.29) is 0 Å². The summed E-state index contributed by atoms with van der Waals surface area (Å²) in [6, 6.07) is 1.38. The van der Waals surface area contributed by atoms with Gasteiger partial charge in [-0.1, -0.05) is 0 Å². The lowest BCUT2D eigenvalue weighted by atomic mass is 10.1. The average Bonchev–Trinajstić information content (AvgIpc) is 2.24. The second-order valence-corrected chi connectivity index (χ2v) is 2.69. The first-order valence-corrected chi connectivity index (χ1v) is 3.88. The molecule has 0 amide bonds. The Kier molecular flexibility index (Phi) is 3.31. The Hall–Kier alpha value is -1.56. The molecule has 1 aromatic carbocycles. The fourth-order valence-corrected chi connectivity index (χ4v) is 0.991. The van der Waals surface area contributed by atoms with Crippen LogP contribution in [0.25, 0.3) is 0 Å². The average molecular weight is 220 g/mol. The van der Waals surface area contributed by atoms with Gasteiger partial charge in [0.2, 0.25) is 0 Å². The van der Waals surface area contributed by atoms with E-state index in [1.54, 1.807) is 0 Å². The number of benzene rings is 1. The first-order valence-electron chi connectivity index (χ1n) is 3.88. The van der Waals surface area contributed by atoms with Gasteiger partial charge in [-0.3, -0.25) is 0 Å². The van der Waals surface area contributed by atoms with Crippen LogP contribution in [-0.4, -0.2) is 18.2 Å². The maximum atomic E-state index is 13.0. The van der Waals surface area contributed by atoms with Crippen LogP contribution in [0.1, 0.15) is 11.7 Å². The van der Waals surface area contributed by atoms with Crippen LogP contribution in [-0.2, 0) is 9.53 Å². The van der Waals surface area contributed by atoms with Gasteiger partial charge in [0.05, 0.1) is 7.11 Å². The molecule has 82 valence electrons. The van der Waals surface area contributed by atoms with Crippen LogP contribution in [0.2, 0.25) is 0 Å². The summed E-state index contributed by atoms with van der Waals surface area (Å²) < 4.78 is 42.3. The van der Waals surface area contributed by atoms with Gasteiger partial charge in [0, 0.05) is 5.56 Å². The molecule has 0 aromatic heterocycles. The van der Waals surface area contributed by atoms with Gasteiger partial charge < -0.3 is 9.84 Å². The highest BCUT2D eigenvalue weighted by Gasteiger charge is 2.24. The zero-order chi connectivity index (χ0) is 11.6. The normalized spacial score (nSPS) is 12.3. The van der Waals surface area contributed by atoms with Gasteiger partial charge >= 0.3 is 5.97 Å². The third-order valence-corrected chi connectivity index (χ3v) is 1.78. The van der Waals surface area contributed by atoms with Crippen molar-refractivity contribution < 1.29 is 27.8 Å². The van der Waals surface area contributed by atoms with E-state index in [9.17, 15) is 23.1 Å². The summed E-state index contributed by atoms with van der Waals surface area (Å²) in [6.45, 7) is 0. The molecule has 0 spiro atoms. The Labute approximate surface area is 83.1 Å². The SMILES string of the molecule is COC(=O)C(O)c1ccc(F)c(F)c1F. The highest BCUT2D eigenvalue weighted by molar-refractivity contribution is 5.76. The summed E-state index contributed by atoms with van der Waals surface area (Å²) in [5.41, 5.74) is -0.666. The van der Waals surface area contributed by atoms with Crippen molar-refractivity contribution in [3.63, 3.8) is 0 Å². The molecule has 0 aliphatic rings. The molecule has 1 unspecified atom stereocenters. The Morgan fingerprint density at radius 2 is 1.93 bits per heavy atom. The van der Waals surface area contributed by atoms with E-state index >= 15 is 0 Å². The van der Waals surface area contributed by atoms with Crippen molar-refractivity contribution in [3.05, 3.63) is 35.1 Å². The van der Waals surface area contributed by atoms with E-state index in [4.69, 9.17) is 0 Å². The van der Waals surface area contributed by atoms with Crippen molar-refractivity contribution in [2.75, 3.05) is 7.11 Å². The molecule has 3 nitrogen and oxygen atoms in total. The minimum absolute atomic E-state index is 0.611. The molecule has 0 saturated heterocycles. The summed E-state index contributed by atoms with van der Waals surface area (Å²) in [6.07, 6.45) is -1.97. The molecule has 0 bridgehead atoms. The molecule has 0 heterocycles. The first kappa shape index (κ1) is 11.5. The van der Waals surface area contributed by atoms with E-state index in [1.807, 2.05) is 0 Å². The third kappa shape index (κ3) is 2.10. The van der Waals surface area contributed by atoms with Gasteiger partial charge in [-0.25, -0.2) is 18.0 Å². The molecule has 0 radical (unpaired) electrons. The van der Waals surface area contributed by atoms with E-state index in [0.717, 1.165) is 13.2 Å². The Balaban J connectivity index is 3.16. The van der Waals surface area contributed by atoms with E-state index in [0.29, 0.717) is 6.07 Å². The Morgan fingerprint density at radius 3 is 2.47 bits per heavy atom. The molecule has 1 aromatic rings. The minimum atomic E-state index is -1.97. The first-order chi connectivity index (χ1) is 6.99. The molecule has 0 aliphatic heterocycles. The molecular weight excluding hydrogens is 213 g/mol. The van der Waals surface area contributed by atoms with Gasteiger partial charge in [-0.2, -0.15) is 0 Å². The molecule has 1 atom stereocenters. The largest absolute Gasteiger partial charge is 0.467 e. The van der Waals surface area contributed by atoms with Gasteiger partial charge in [0.15, 0.2) is 23.6 Å². The Bertz CT molecular complexity index is 392. The van der Waals surface area contributed by atoms with Crippen molar-refractivity contribution >= 4 is 5.97 Å². The molecule has 0 fully saturated rings. The van der Waals surface area contributed by atoms with Crippen molar-refractivity contribution in [2.45, 2.75) is 6.10 Å². The second-order valence-electron chi connectivity index (χ2n) is 2.69. The summed E-state index contributed by atoms with van der Waals surface area (Å²) in [5.74, 6) is -5.89. The standard InChI is InChI=1S/C9H7F3O3/c1-15-9(14)8(13)4-2-3-5(10)7(12)6(4)11/h2-3,8,13H,1H3. The minimum Gasteiger partial charge on any atom is -0.467 e. The number of carbonyl (C=O) groups excluding carboxylic acids is 1. The number of esters is 1. The fourth-order valence-electron chi connectivity index (χ4n) is 0.991. The number of aliphatic hydroxyl groups excluding tert-OH is 1. The number of aliphatic hydroxyl groups is 1. The quantitative estimate of drug-likeness (QED) is 0.603. The van der Waals surface area contributed by atoms with Crippen LogP contribution in [0.4, 0.5) is 13.2 Å². The maximum absolute atomic E-state index is 13.0. The van der Waals surface area contributed by atoms with Crippen LogP contribution in [0, 0.1) is 17.5 Å². The molecule has 1 rings (SSSR count). The highest BCUT2D eigenvalue weighted by atomic mass is 19.2. The number of halogens is 3. The molecule has 0 saturated carbocycles. The maximum Gasteiger partial charge on any atom is 0.339 e.